The highest BCUT2D eigenvalue weighted by Crippen LogP contribution is 2.11. The van der Waals surface area contributed by atoms with Gasteiger partial charge in [0.2, 0.25) is 5.91 Å². The van der Waals surface area contributed by atoms with Crippen LogP contribution in [0.3, 0.4) is 0 Å². The lowest BCUT2D eigenvalue weighted by Crippen LogP contribution is -2.26. The van der Waals surface area contributed by atoms with E-state index < -0.39 is 0 Å². The lowest BCUT2D eigenvalue weighted by Gasteiger charge is -2.07. The topological polar surface area (TPSA) is 29.1 Å². The highest BCUT2D eigenvalue weighted by atomic mass is 32.2. The first-order chi connectivity index (χ1) is 9.52. The zero-order valence-electron chi connectivity index (χ0n) is 14.0. The molecule has 3 heteroatoms. The Labute approximate surface area is 130 Å². The van der Waals surface area contributed by atoms with E-state index in [1.54, 1.807) is 11.8 Å². The van der Waals surface area contributed by atoms with E-state index in [1.807, 2.05) is 0 Å². The van der Waals surface area contributed by atoms with Gasteiger partial charge in [0.1, 0.15) is 0 Å². The van der Waals surface area contributed by atoms with E-state index in [0.717, 1.165) is 24.6 Å². The molecule has 0 spiro atoms. The summed E-state index contributed by atoms with van der Waals surface area (Å²) < 4.78 is 0. The predicted octanol–water partition coefficient (Wildman–Crippen LogP) is 4.88. The quantitative estimate of drug-likeness (QED) is 0.491. The Hall–Kier alpha value is -0.180. The second kappa shape index (κ2) is 13.8. The van der Waals surface area contributed by atoms with Crippen LogP contribution in [0.15, 0.2) is 0 Å². The van der Waals surface area contributed by atoms with Gasteiger partial charge in [-0.2, -0.15) is 11.8 Å². The van der Waals surface area contributed by atoms with Gasteiger partial charge < -0.3 is 5.32 Å². The SMILES string of the molecule is CC(C)CCCCCCCCNC(=O)CSCC(C)C. The van der Waals surface area contributed by atoms with Gasteiger partial charge in [0.05, 0.1) is 5.75 Å². The zero-order valence-corrected chi connectivity index (χ0v) is 14.9. The van der Waals surface area contributed by atoms with Crippen molar-refractivity contribution in [3.8, 4) is 0 Å². The third-order valence-corrected chi connectivity index (χ3v) is 4.58. The maximum absolute atomic E-state index is 11.5. The molecule has 0 rings (SSSR count). The van der Waals surface area contributed by atoms with E-state index >= 15 is 0 Å². The lowest BCUT2D eigenvalue weighted by atomic mass is 10.0. The standard InChI is InChI=1S/C17H35NOS/c1-15(2)11-9-7-5-6-8-10-12-18-17(19)14-20-13-16(3)4/h15-16H,5-14H2,1-4H3,(H,18,19). The molecule has 0 aliphatic rings. The van der Waals surface area contributed by atoms with Gasteiger partial charge in [-0.05, 0) is 24.0 Å². The molecule has 2 nitrogen and oxygen atoms in total. The molecule has 0 aliphatic carbocycles. The van der Waals surface area contributed by atoms with Crippen molar-refractivity contribution in [2.45, 2.75) is 72.6 Å². The summed E-state index contributed by atoms with van der Waals surface area (Å²) >= 11 is 1.74. The summed E-state index contributed by atoms with van der Waals surface area (Å²) in [6, 6.07) is 0. The maximum Gasteiger partial charge on any atom is 0.229 e. The highest BCUT2D eigenvalue weighted by molar-refractivity contribution is 7.99. The first kappa shape index (κ1) is 19.8. The first-order valence-corrected chi connectivity index (χ1v) is 9.52. The molecule has 0 saturated heterocycles. The molecule has 0 bridgehead atoms. The highest BCUT2D eigenvalue weighted by Gasteiger charge is 2.02. The molecular formula is C17H35NOS. The van der Waals surface area contributed by atoms with E-state index in [9.17, 15) is 4.79 Å². The van der Waals surface area contributed by atoms with Crippen molar-refractivity contribution in [1.82, 2.24) is 5.32 Å². The van der Waals surface area contributed by atoms with Crippen LogP contribution in [-0.2, 0) is 4.79 Å². The van der Waals surface area contributed by atoms with Gasteiger partial charge in [-0.3, -0.25) is 4.79 Å². The van der Waals surface area contributed by atoms with Gasteiger partial charge in [-0.25, -0.2) is 0 Å². The molecule has 0 fully saturated rings. The molecule has 0 aliphatic heterocycles. The predicted molar refractivity (Wildman–Crippen MR) is 92.3 cm³/mol. The smallest absolute Gasteiger partial charge is 0.229 e. The van der Waals surface area contributed by atoms with Gasteiger partial charge >= 0.3 is 0 Å². The van der Waals surface area contributed by atoms with Crippen molar-refractivity contribution in [2.75, 3.05) is 18.1 Å². The Bertz CT molecular complexity index is 229. The van der Waals surface area contributed by atoms with Crippen LogP contribution in [0, 0.1) is 11.8 Å². The second-order valence-corrected chi connectivity index (χ2v) is 7.59. The van der Waals surface area contributed by atoms with Gasteiger partial charge in [0.15, 0.2) is 0 Å². The van der Waals surface area contributed by atoms with Crippen molar-refractivity contribution in [2.24, 2.45) is 11.8 Å². The fourth-order valence-electron chi connectivity index (χ4n) is 2.05. The molecule has 1 amide bonds. The number of rotatable bonds is 13. The van der Waals surface area contributed by atoms with E-state index in [0.29, 0.717) is 11.7 Å². The normalized spacial score (nSPS) is 11.3. The molecule has 1 N–H and O–H groups in total. The van der Waals surface area contributed by atoms with E-state index in [1.165, 1.54) is 38.5 Å². The van der Waals surface area contributed by atoms with Crippen LogP contribution >= 0.6 is 11.8 Å². The first-order valence-electron chi connectivity index (χ1n) is 8.36. The lowest BCUT2D eigenvalue weighted by molar-refractivity contribution is -0.118. The molecule has 0 atom stereocenters. The molecular weight excluding hydrogens is 266 g/mol. The number of carbonyl (C=O) groups excluding carboxylic acids is 1. The summed E-state index contributed by atoms with van der Waals surface area (Å²) in [6.07, 6.45) is 9.16. The van der Waals surface area contributed by atoms with Crippen LogP contribution in [0.4, 0.5) is 0 Å². The molecule has 0 saturated carbocycles. The monoisotopic (exact) mass is 301 g/mol. The number of nitrogens with one attached hydrogen (secondary N) is 1. The Morgan fingerprint density at radius 2 is 1.50 bits per heavy atom. The van der Waals surface area contributed by atoms with Crippen molar-refractivity contribution >= 4 is 17.7 Å². The molecule has 120 valence electrons. The molecule has 0 unspecified atom stereocenters. The van der Waals surface area contributed by atoms with Crippen LogP contribution in [0.1, 0.15) is 72.6 Å². The summed E-state index contributed by atoms with van der Waals surface area (Å²) in [6.45, 7) is 9.81. The summed E-state index contributed by atoms with van der Waals surface area (Å²) in [5.41, 5.74) is 0. The fourth-order valence-corrected chi connectivity index (χ4v) is 2.93. The molecule has 0 heterocycles. The molecule has 0 aromatic rings. The zero-order chi connectivity index (χ0) is 15.2. The third kappa shape index (κ3) is 15.9. The number of hydrogen-bond donors (Lipinski definition) is 1. The van der Waals surface area contributed by atoms with Gasteiger partial charge in [-0.1, -0.05) is 66.2 Å². The van der Waals surface area contributed by atoms with Gasteiger partial charge in [-0.15, -0.1) is 0 Å². The van der Waals surface area contributed by atoms with E-state index in [2.05, 4.69) is 33.0 Å². The largest absolute Gasteiger partial charge is 0.355 e. The van der Waals surface area contributed by atoms with E-state index in [-0.39, 0.29) is 5.91 Å². The minimum atomic E-state index is 0.201. The van der Waals surface area contributed by atoms with Crippen LogP contribution in [-0.4, -0.2) is 24.0 Å². The number of thioether (sulfide) groups is 1. The Morgan fingerprint density at radius 1 is 0.900 bits per heavy atom. The Balaban J connectivity index is 3.17. The molecule has 0 radical (unpaired) electrons. The molecule has 0 aromatic heterocycles. The Kier molecular flexibility index (Phi) is 13.7. The third-order valence-electron chi connectivity index (χ3n) is 3.21. The number of unbranched alkanes of at least 4 members (excludes halogenated alkanes) is 5. The fraction of sp³-hybridized carbons (Fsp3) is 0.941. The van der Waals surface area contributed by atoms with Gasteiger partial charge in [0.25, 0.3) is 0 Å². The average molecular weight is 302 g/mol. The molecule has 20 heavy (non-hydrogen) atoms. The summed E-state index contributed by atoms with van der Waals surface area (Å²) in [7, 11) is 0. The number of amides is 1. The van der Waals surface area contributed by atoms with Crippen molar-refractivity contribution in [1.29, 1.82) is 0 Å². The molecule has 0 aromatic carbocycles. The number of carbonyl (C=O) groups is 1. The van der Waals surface area contributed by atoms with E-state index in [4.69, 9.17) is 0 Å². The Morgan fingerprint density at radius 3 is 2.10 bits per heavy atom. The maximum atomic E-state index is 11.5. The van der Waals surface area contributed by atoms with Crippen molar-refractivity contribution < 1.29 is 4.79 Å². The summed E-state index contributed by atoms with van der Waals surface area (Å²) in [4.78, 5) is 11.5. The number of hydrogen-bond acceptors (Lipinski definition) is 2. The summed E-state index contributed by atoms with van der Waals surface area (Å²) in [5, 5.41) is 3.01. The minimum absolute atomic E-state index is 0.201. The van der Waals surface area contributed by atoms with Crippen molar-refractivity contribution in [3.05, 3.63) is 0 Å². The van der Waals surface area contributed by atoms with Gasteiger partial charge in [0, 0.05) is 6.54 Å². The van der Waals surface area contributed by atoms with Crippen LogP contribution < -0.4 is 5.32 Å². The van der Waals surface area contributed by atoms with Crippen LogP contribution in [0.2, 0.25) is 0 Å². The van der Waals surface area contributed by atoms with Crippen LogP contribution in [0.5, 0.6) is 0 Å². The van der Waals surface area contributed by atoms with Crippen molar-refractivity contribution in [3.63, 3.8) is 0 Å². The van der Waals surface area contributed by atoms with Crippen LogP contribution in [0.25, 0.3) is 0 Å². The average Bonchev–Trinajstić information content (AvgIpc) is 2.36. The summed E-state index contributed by atoms with van der Waals surface area (Å²) in [5.74, 6) is 3.41. The second-order valence-electron chi connectivity index (χ2n) is 6.56. The minimum Gasteiger partial charge on any atom is -0.355 e.